The number of hydrogen-bond acceptors (Lipinski definition) is 5. The molecule has 7 heteroatoms. The summed E-state index contributed by atoms with van der Waals surface area (Å²) < 4.78 is 5.24. The zero-order valence-electron chi connectivity index (χ0n) is 12.5. The van der Waals surface area contributed by atoms with Crippen LogP contribution in [-0.2, 0) is 6.54 Å². The molecule has 0 spiro atoms. The van der Waals surface area contributed by atoms with Crippen LogP contribution in [0.2, 0.25) is 0 Å². The van der Waals surface area contributed by atoms with E-state index in [-0.39, 0.29) is 11.9 Å². The minimum Gasteiger partial charge on any atom is -0.363 e. The van der Waals surface area contributed by atoms with E-state index in [2.05, 4.69) is 44.3 Å². The Labute approximate surface area is 132 Å². The Balaban J connectivity index is 1.60. The van der Waals surface area contributed by atoms with E-state index < -0.39 is 5.91 Å². The molecule has 23 heavy (non-hydrogen) atoms. The fraction of sp³-hybridized carbons (Fsp3) is 0.312. The molecule has 0 bridgehead atoms. The van der Waals surface area contributed by atoms with Crippen molar-refractivity contribution in [3.05, 3.63) is 47.7 Å². The van der Waals surface area contributed by atoms with Gasteiger partial charge in [-0.25, -0.2) is 0 Å². The maximum Gasteiger partial charge on any atom is 0.290 e. The first-order valence-electron chi connectivity index (χ1n) is 7.65. The Morgan fingerprint density at radius 2 is 2.35 bits per heavy atom. The van der Waals surface area contributed by atoms with E-state index in [9.17, 15) is 4.79 Å². The molecule has 3 aromatic rings. The maximum atomic E-state index is 11.1. The minimum atomic E-state index is -0.665. The number of fused-ring (bicyclic) bond motifs is 1. The Morgan fingerprint density at radius 1 is 1.43 bits per heavy atom. The third-order valence-corrected chi connectivity index (χ3v) is 4.37. The zero-order valence-corrected chi connectivity index (χ0v) is 12.5. The number of primary amides is 1. The van der Waals surface area contributed by atoms with E-state index in [0.717, 1.165) is 31.4 Å². The topological polar surface area (TPSA) is 101 Å². The van der Waals surface area contributed by atoms with E-state index >= 15 is 0 Å². The van der Waals surface area contributed by atoms with Gasteiger partial charge in [0.25, 0.3) is 11.7 Å². The van der Waals surface area contributed by atoms with Crippen LogP contribution in [0.1, 0.15) is 41.0 Å². The second kappa shape index (κ2) is 5.51. The standard InChI is InChI=1S/C16H17N5O2/c17-14(22)15-19-16(23-20-15)13-5-2-8-21(13)9-10-3-1-4-12-11(10)6-7-18-12/h1,3-4,6-7,13,18H,2,5,8-9H2,(H2,17,22)/t13-/m1/s1. The quantitative estimate of drug-likeness (QED) is 0.767. The highest BCUT2D eigenvalue weighted by molar-refractivity contribution is 5.88. The Bertz CT molecular complexity index is 853. The van der Waals surface area contributed by atoms with Gasteiger partial charge in [-0.3, -0.25) is 9.69 Å². The normalized spacial score (nSPS) is 18.7. The Morgan fingerprint density at radius 3 is 3.17 bits per heavy atom. The molecule has 0 radical (unpaired) electrons. The fourth-order valence-corrected chi connectivity index (χ4v) is 3.27. The number of amides is 1. The monoisotopic (exact) mass is 311 g/mol. The average Bonchev–Trinajstić information content (AvgIpc) is 3.27. The number of nitrogens with one attached hydrogen (secondary N) is 1. The van der Waals surface area contributed by atoms with Crippen LogP contribution in [0.4, 0.5) is 0 Å². The molecule has 3 N–H and O–H groups in total. The number of benzene rings is 1. The molecular weight excluding hydrogens is 294 g/mol. The van der Waals surface area contributed by atoms with E-state index in [0.29, 0.717) is 5.89 Å². The first-order valence-corrected chi connectivity index (χ1v) is 7.65. The molecule has 1 aliphatic heterocycles. The van der Waals surface area contributed by atoms with Crippen molar-refractivity contribution < 1.29 is 9.32 Å². The average molecular weight is 311 g/mol. The van der Waals surface area contributed by atoms with Crippen molar-refractivity contribution in [1.82, 2.24) is 20.0 Å². The summed E-state index contributed by atoms with van der Waals surface area (Å²) >= 11 is 0. The lowest BCUT2D eigenvalue weighted by molar-refractivity contribution is 0.0987. The molecule has 1 aromatic carbocycles. The van der Waals surface area contributed by atoms with Crippen LogP contribution in [-0.4, -0.2) is 32.5 Å². The van der Waals surface area contributed by atoms with Crippen LogP contribution in [0, 0.1) is 0 Å². The first-order chi connectivity index (χ1) is 11.2. The van der Waals surface area contributed by atoms with Gasteiger partial charge in [0.15, 0.2) is 0 Å². The molecule has 4 rings (SSSR count). The number of carbonyl (C=O) groups excluding carboxylic acids is 1. The van der Waals surface area contributed by atoms with E-state index in [1.807, 2.05) is 6.20 Å². The highest BCUT2D eigenvalue weighted by atomic mass is 16.5. The number of aromatic nitrogens is 3. The summed E-state index contributed by atoms with van der Waals surface area (Å²) in [5.74, 6) is -0.251. The van der Waals surface area contributed by atoms with E-state index in [1.165, 1.54) is 10.9 Å². The van der Waals surface area contributed by atoms with Crippen molar-refractivity contribution in [2.75, 3.05) is 6.54 Å². The van der Waals surface area contributed by atoms with Crippen molar-refractivity contribution in [1.29, 1.82) is 0 Å². The van der Waals surface area contributed by atoms with E-state index in [4.69, 9.17) is 10.3 Å². The van der Waals surface area contributed by atoms with Gasteiger partial charge in [-0.05, 0) is 37.1 Å². The molecule has 1 aliphatic rings. The molecule has 1 atom stereocenters. The van der Waals surface area contributed by atoms with Crippen LogP contribution in [0.25, 0.3) is 10.9 Å². The van der Waals surface area contributed by atoms with Gasteiger partial charge in [0.05, 0.1) is 6.04 Å². The molecule has 118 valence electrons. The molecule has 2 aromatic heterocycles. The van der Waals surface area contributed by atoms with Crippen molar-refractivity contribution in [2.45, 2.75) is 25.4 Å². The van der Waals surface area contributed by atoms with Gasteiger partial charge in [-0.15, -0.1) is 0 Å². The highest BCUT2D eigenvalue weighted by Gasteiger charge is 2.31. The molecule has 1 fully saturated rings. The van der Waals surface area contributed by atoms with Gasteiger partial charge < -0.3 is 15.2 Å². The number of nitrogens with two attached hydrogens (primary N) is 1. The van der Waals surface area contributed by atoms with Crippen LogP contribution in [0.5, 0.6) is 0 Å². The number of aromatic amines is 1. The SMILES string of the molecule is NC(=O)c1noc([C@H]2CCCN2Cc2cccc3[nH]ccc23)n1. The lowest BCUT2D eigenvalue weighted by Crippen LogP contribution is -2.23. The number of hydrogen-bond donors (Lipinski definition) is 2. The summed E-state index contributed by atoms with van der Waals surface area (Å²) in [5, 5.41) is 4.87. The van der Waals surface area contributed by atoms with Gasteiger partial charge in [-0.2, -0.15) is 4.98 Å². The second-order valence-corrected chi connectivity index (χ2v) is 5.81. The first kappa shape index (κ1) is 14.0. The van der Waals surface area contributed by atoms with E-state index in [1.54, 1.807) is 0 Å². The summed E-state index contributed by atoms with van der Waals surface area (Å²) in [6.07, 6.45) is 3.94. The Hall–Kier alpha value is -2.67. The summed E-state index contributed by atoms with van der Waals surface area (Å²) in [6.45, 7) is 1.76. The largest absolute Gasteiger partial charge is 0.363 e. The predicted molar refractivity (Wildman–Crippen MR) is 83.5 cm³/mol. The fourth-order valence-electron chi connectivity index (χ4n) is 3.27. The van der Waals surface area contributed by atoms with Crippen molar-refractivity contribution in [3.8, 4) is 0 Å². The van der Waals surface area contributed by atoms with Gasteiger partial charge in [0.1, 0.15) is 0 Å². The predicted octanol–water partition coefficient (Wildman–Crippen LogP) is 1.99. The van der Waals surface area contributed by atoms with Gasteiger partial charge in [0.2, 0.25) is 5.89 Å². The van der Waals surface area contributed by atoms with Crippen LogP contribution in [0.15, 0.2) is 35.0 Å². The van der Waals surface area contributed by atoms with Crippen molar-refractivity contribution >= 4 is 16.8 Å². The summed E-state index contributed by atoms with van der Waals surface area (Å²) in [6, 6.07) is 8.38. The number of H-pyrrole nitrogens is 1. The van der Waals surface area contributed by atoms with Crippen molar-refractivity contribution in [2.24, 2.45) is 5.73 Å². The molecule has 0 aliphatic carbocycles. The number of nitrogens with zero attached hydrogens (tertiary/aromatic N) is 3. The smallest absolute Gasteiger partial charge is 0.290 e. The lowest BCUT2D eigenvalue weighted by Gasteiger charge is -2.21. The molecular formula is C16H17N5O2. The van der Waals surface area contributed by atoms with Gasteiger partial charge in [0, 0.05) is 23.6 Å². The highest BCUT2D eigenvalue weighted by Crippen LogP contribution is 2.33. The van der Waals surface area contributed by atoms with Crippen LogP contribution < -0.4 is 5.73 Å². The van der Waals surface area contributed by atoms with Crippen LogP contribution >= 0.6 is 0 Å². The number of carbonyl (C=O) groups is 1. The molecule has 1 saturated heterocycles. The van der Waals surface area contributed by atoms with Crippen molar-refractivity contribution in [3.63, 3.8) is 0 Å². The minimum absolute atomic E-state index is 0.0322. The molecule has 0 saturated carbocycles. The van der Waals surface area contributed by atoms with Crippen LogP contribution in [0.3, 0.4) is 0 Å². The lowest BCUT2D eigenvalue weighted by atomic mass is 10.1. The zero-order chi connectivity index (χ0) is 15.8. The second-order valence-electron chi connectivity index (χ2n) is 5.81. The maximum absolute atomic E-state index is 11.1. The summed E-state index contributed by atoms with van der Waals surface area (Å²) in [5.41, 5.74) is 7.58. The summed E-state index contributed by atoms with van der Waals surface area (Å²) in [7, 11) is 0. The van der Waals surface area contributed by atoms with Gasteiger partial charge in [-0.1, -0.05) is 17.3 Å². The number of likely N-dealkylation sites (tertiary alicyclic amines) is 1. The summed E-state index contributed by atoms with van der Waals surface area (Å²) in [4.78, 5) is 20.8. The molecule has 0 unspecified atom stereocenters. The molecule has 1 amide bonds. The molecule has 7 nitrogen and oxygen atoms in total. The third-order valence-electron chi connectivity index (χ3n) is 4.37. The van der Waals surface area contributed by atoms with Gasteiger partial charge >= 0.3 is 0 Å². The molecule has 3 heterocycles. The third kappa shape index (κ3) is 2.49. The number of rotatable bonds is 4. The Kier molecular flexibility index (Phi) is 3.34.